The Morgan fingerprint density at radius 1 is 0.591 bits per heavy atom. The maximum absolute atomic E-state index is 12.6. The van der Waals surface area contributed by atoms with Crippen LogP contribution in [0.25, 0.3) is 12.2 Å². The number of hydrogen-bond donors (Lipinski definition) is 0. The molecule has 22 heavy (non-hydrogen) atoms. The van der Waals surface area contributed by atoms with E-state index in [-0.39, 0.29) is 11.1 Å². The quantitative estimate of drug-likeness (QED) is 0.478. The monoisotopic (exact) mass is 316 g/mol. The van der Waals surface area contributed by atoms with Crippen molar-refractivity contribution in [1.82, 2.24) is 0 Å². The van der Waals surface area contributed by atoms with Gasteiger partial charge in [-0.3, -0.25) is 0 Å². The Morgan fingerprint density at radius 3 is 1.27 bits per heavy atom. The molecule has 0 aliphatic heterocycles. The van der Waals surface area contributed by atoms with Gasteiger partial charge in [0.2, 0.25) is 0 Å². The van der Waals surface area contributed by atoms with Crippen molar-refractivity contribution in [2.45, 2.75) is 12.4 Å². The van der Waals surface area contributed by atoms with Gasteiger partial charge in [-0.15, -0.1) is 0 Å². The van der Waals surface area contributed by atoms with Crippen molar-refractivity contribution in [2.24, 2.45) is 0 Å². The van der Waals surface area contributed by atoms with Gasteiger partial charge in [-0.1, -0.05) is 36.4 Å². The molecule has 2 aromatic rings. The van der Waals surface area contributed by atoms with E-state index in [0.717, 1.165) is 24.3 Å². The van der Waals surface area contributed by atoms with Gasteiger partial charge in [0.1, 0.15) is 0 Å². The molecule has 0 nitrogen and oxygen atoms in total. The van der Waals surface area contributed by atoms with Crippen LogP contribution in [-0.2, 0) is 12.4 Å². The van der Waals surface area contributed by atoms with Crippen molar-refractivity contribution in [3.05, 3.63) is 70.8 Å². The van der Waals surface area contributed by atoms with E-state index in [4.69, 9.17) is 0 Å². The fourth-order valence-electron chi connectivity index (χ4n) is 1.83. The van der Waals surface area contributed by atoms with Gasteiger partial charge < -0.3 is 0 Å². The normalized spacial score (nSPS) is 12.8. The highest BCUT2D eigenvalue weighted by Gasteiger charge is 2.30. The molecule has 2 aromatic carbocycles. The Morgan fingerprint density at radius 2 is 0.955 bits per heavy atom. The second kappa shape index (κ2) is 5.87. The van der Waals surface area contributed by atoms with Crippen LogP contribution in [0.4, 0.5) is 26.3 Å². The summed E-state index contributed by atoms with van der Waals surface area (Å²) in [5.74, 6) is 0. The number of rotatable bonds is 2. The van der Waals surface area contributed by atoms with E-state index >= 15 is 0 Å². The molecule has 6 heteroatoms. The predicted molar refractivity (Wildman–Crippen MR) is 71.8 cm³/mol. The molecule has 0 radical (unpaired) electrons. The van der Waals surface area contributed by atoms with E-state index in [2.05, 4.69) is 0 Å². The number of halogens is 6. The highest BCUT2D eigenvalue weighted by molar-refractivity contribution is 5.70. The Labute approximate surface area is 122 Å². The highest BCUT2D eigenvalue weighted by atomic mass is 19.4. The summed E-state index contributed by atoms with van der Waals surface area (Å²) in [6, 6.07) is 9.11. The Bertz CT molecular complexity index is 620. The predicted octanol–water partition coefficient (Wildman–Crippen LogP) is 5.89. The van der Waals surface area contributed by atoms with Crippen LogP contribution in [0.1, 0.15) is 22.3 Å². The van der Waals surface area contributed by atoms with Gasteiger partial charge in [-0.05, 0) is 35.4 Å². The number of hydrogen-bond acceptors (Lipinski definition) is 0. The summed E-state index contributed by atoms with van der Waals surface area (Å²) >= 11 is 0. The van der Waals surface area contributed by atoms with Crippen LogP contribution >= 0.6 is 0 Å². The molecule has 0 N–H and O–H groups in total. The first-order chi connectivity index (χ1) is 10.2. The van der Waals surface area contributed by atoms with Crippen LogP contribution in [0, 0.1) is 0 Å². The lowest BCUT2D eigenvalue weighted by molar-refractivity contribution is -0.138. The third kappa shape index (κ3) is 4.13. The molecule has 0 bridgehead atoms. The van der Waals surface area contributed by atoms with E-state index in [9.17, 15) is 26.3 Å². The molecule has 0 aromatic heterocycles. The highest BCUT2D eigenvalue weighted by Crippen LogP contribution is 2.31. The van der Waals surface area contributed by atoms with Crippen LogP contribution in [0.5, 0.6) is 0 Å². The minimum atomic E-state index is -4.46. The zero-order valence-electron chi connectivity index (χ0n) is 11.0. The molecule has 0 saturated heterocycles. The molecule has 2 rings (SSSR count). The maximum atomic E-state index is 12.6. The Hall–Kier alpha value is -2.24. The zero-order chi connectivity index (χ0) is 16.4. The maximum Gasteiger partial charge on any atom is 0.416 e. The summed E-state index contributed by atoms with van der Waals surface area (Å²) in [7, 11) is 0. The SMILES string of the molecule is FC(F)(F)c1cccc(C=Cc2cccc(C(F)(F)F)c2)c1. The first kappa shape index (κ1) is 16.1. The largest absolute Gasteiger partial charge is 0.416 e. The first-order valence-electron chi connectivity index (χ1n) is 6.19. The Balaban J connectivity index is 2.26. The molecule has 0 unspecified atom stereocenters. The molecule has 0 fully saturated rings. The molecule has 0 aliphatic rings. The van der Waals surface area contributed by atoms with Crippen molar-refractivity contribution in [1.29, 1.82) is 0 Å². The summed E-state index contributed by atoms with van der Waals surface area (Å²) in [4.78, 5) is 0. The number of benzene rings is 2. The smallest absolute Gasteiger partial charge is 0.166 e. The fraction of sp³-hybridized carbons (Fsp3) is 0.125. The summed E-state index contributed by atoms with van der Waals surface area (Å²) in [5, 5.41) is 0. The van der Waals surface area contributed by atoms with E-state index < -0.39 is 23.5 Å². The minimum absolute atomic E-state index is 0.257. The molecule has 0 atom stereocenters. The van der Waals surface area contributed by atoms with Crippen molar-refractivity contribution in [2.75, 3.05) is 0 Å². The summed E-state index contributed by atoms with van der Waals surface area (Å²) in [6.45, 7) is 0. The summed E-state index contributed by atoms with van der Waals surface area (Å²) < 4.78 is 75.4. The van der Waals surface area contributed by atoms with Gasteiger partial charge in [-0.25, -0.2) is 0 Å². The van der Waals surface area contributed by atoms with E-state index in [1.165, 1.54) is 36.4 Å². The minimum Gasteiger partial charge on any atom is -0.166 e. The second-order valence-electron chi connectivity index (χ2n) is 4.58. The summed E-state index contributed by atoms with van der Waals surface area (Å²) in [5.41, 5.74) is -1.10. The standard InChI is InChI=1S/C16H10F6/c17-15(18,19)13-5-1-3-11(9-13)7-8-12-4-2-6-14(10-12)16(20,21)22/h1-10H. The van der Waals surface area contributed by atoms with Gasteiger partial charge in [0.05, 0.1) is 11.1 Å². The van der Waals surface area contributed by atoms with Gasteiger partial charge in [0, 0.05) is 0 Å². The van der Waals surface area contributed by atoms with Crippen molar-refractivity contribution >= 4 is 12.2 Å². The molecular weight excluding hydrogens is 306 g/mol. The fourth-order valence-corrected chi connectivity index (χ4v) is 1.83. The topological polar surface area (TPSA) is 0 Å². The molecule has 0 amide bonds. The first-order valence-corrected chi connectivity index (χ1v) is 6.19. The average molecular weight is 316 g/mol. The number of alkyl halides is 6. The second-order valence-corrected chi connectivity index (χ2v) is 4.58. The van der Waals surface area contributed by atoms with E-state index in [0.29, 0.717) is 0 Å². The van der Waals surface area contributed by atoms with Crippen LogP contribution in [-0.4, -0.2) is 0 Å². The Kier molecular flexibility index (Phi) is 4.30. The summed E-state index contributed by atoms with van der Waals surface area (Å²) in [6.07, 6.45) is -6.24. The van der Waals surface area contributed by atoms with Gasteiger partial charge in [0.15, 0.2) is 0 Å². The lowest BCUT2D eigenvalue weighted by Crippen LogP contribution is -2.04. The van der Waals surface area contributed by atoms with Gasteiger partial charge in [0.25, 0.3) is 0 Å². The van der Waals surface area contributed by atoms with Crippen LogP contribution in [0.2, 0.25) is 0 Å². The van der Waals surface area contributed by atoms with Crippen molar-refractivity contribution in [3.8, 4) is 0 Å². The van der Waals surface area contributed by atoms with E-state index in [1.807, 2.05) is 0 Å². The van der Waals surface area contributed by atoms with Gasteiger partial charge in [-0.2, -0.15) is 26.3 Å². The zero-order valence-corrected chi connectivity index (χ0v) is 11.0. The van der Waals surface area contributed by atoms with Gasteiger partial charge >= 0.3 is 12.4 Å². The van der Waals surface area contributed by atoms with E-state index in [1.54, 1.807) is 0 Å². The lowest BCUT2D eigenvalue weighted by Gasteiger charge is -2.07. The lowest BCUT2D eigenvalue weighted by atomic mass is 10.1. The molecule has 0 saturated carbocycles. The van der Waals surface area contributed by atoms with Crippen molar-refractivity contribution in [3.63, 3.8) is 0 Å². The molecular formula is C16H10F6. The molecule has 0 aliphatic carbocycles. The molecule has 0 spiro atoms. The van der Waals surface area contributed by atoms with Crippen molar-refractivity contribution < 1.29 is 26.3 Å². The molecule has 116 valence electrons. The van der Waals surface area contributed by atoms with Crippen LogP contribution in [0.3, 0.4) is 0 Å². The average Bonchev–Trinajstić information content (AvgIpc) is 2.44. The van der Waals surface area contributed by atoms with Crippen LogP contribution in [0.15, 0.2) is 48.5 Å². The van der Waals surface area contributed by atoms with Crippen LogP contribution < -0.4 is 0 Å². The molecule has 0 heterocycles. The third-order valence-electron chi connectivity index (χ3n) is 2.90. The third-order valence-corrected chi connectivity index (χ3v) is 2.90.